The van der Waals surface area contributed by atoms with Crippen LogP contribution in [0.2, 0.25) is 10.0 Å². The number of aliphatic carboxylic acids is 1. The van der Waals surface area contributed by atoms with E-state index in [0.29, 0.717) is 46.7 Å². The number of rotatable bonds is 11. The van der Waals surface area contributed by atoms with Gasteiger partial charge in [-0.3, -0.25) is 9.80 Å². The molecule has 1 fully saturated rings. The van der Waals surface area contributed by atoms with Gasteiger partial charge >= 0.3 is 5.97 Å². The predicted molar refractivity (Wildman–Crippen MR) is 184 cm³/mol. The van der Waals surface area contributed by atoms with E-state index in [-0.39, 0.29) is 24.7 Å². The van der Waals surface area contributed by atoms with Crippen molar-refractivity contribution >= 4 is 34.7 Å². The molecule has 4 aromatic rings. The van der Waals surface area contributed by atoms with Gasteiger partial charge in [0.2, 0.25) is 0 Å². The summed E-state index contributed by atoms with van der Waals surface area (Å²) in [7, 11) is 0. The summed E-state index contributed by atoms with van der Waals surface area (Å²) in [5, 5.41) is 11.6. The van der Waals surface area contributed by atoms with E-state index < -0.39 is 5.97 Å². The Hall–Kier alpha value is -3.81. The molecule has 4 aromatic carbocycles. The number of carboxylic acids is 1. The highest BCUT2D eigenvalue weighted by Gasteiger charge is 2.46. The Kier molecular flexibility index (Phi) is 10.00. The smallest absolute Gasteiger partial charge is 0.333 e. The van der Waals surface area contributed by atoms with E-state index in [1.165, 1.54) is 11.1 Å². The van der Waals surface area contributed by atoms with Crippen LogP contribution in [0.3, 0.4) is 0 Å². The molecule has 2 aliphatic heterocycles. The zero-order chi connectivity index (χ0) is 32.2. The third-order valence-electron chi connectivity index (χ3n) is 8.93. The molecule has 2 unspecified atom stereocenters. The summed E-state index contributed by atoms with van der Waals surface area (Å²) >= 11 is 12.6. The molecule has 2 bridgehead atoms. The molecule has 3 atom stereocenters. The van der Waals surface area contributed by atoms with Crippen molar-refractivity contribution in [3.05, 3.63) is 135 Å². The van der Waals surface area contributed by atoms with Crippen LogP contribution in [0.4, 0.5) is 0 Å². The van der Waals surface area contributed by atoms with Crippen LogP contribution in [0.1, 0.15) is 41.6 Å². The van der Waals surface area contributed by atoms with Crippen molar-refractivity contribution < 1.29 is 19.4 Å². The van der Waals surface area contributed by atoms with Crippen LogP contribution in [0.5, 0.6) is 11.5 Å². The zero-order valence-corrected chi connectivity index (χ0v) is 27.5. The van der Waals surface area contributed by atoms with Gasteiger partial charge < -0.3 is 14.6 Å². The standard InChI is InChI=1S/C38H38Cl2N2O4/c1-25-19-33(39)37(34(40)20-25)46-18-17-45-31-15-13-29(14-16-31)32-21-30-23-41(22-27-9-5-3-6-10-27)24-35(36(32)38(43)44)42(30)26(2)28-11-7-4-8-12-28/h3-16,19-20,26,30,35H,17-18,21-24H2,1-2H3,(H,43,44)/t26?,30-,35?/m0/s1. The van der Waals surface area contributed by atoms with Crippen LogP contribution in [0, 0.1) is 6.92 Å². The number of fused-ring (bicyclic) bond motifs is 2. The number of carboxylic acid groups (broad SMARTS) is 1. The number of hydrogen-bond donors (Lipinski definition) is 1. The van der Waals surface area contributed by atoms with E-state index in [1.807, 2.05) is 55.5 Å². The molecule has 2 aliphatic rings. The van der Waals surface area contributed by atoms with Gasteiger partial charge in [-0.15, -0.1) is 0 Å². The fourth-order valence-electron chi connectivity index (χ4n) is 6.90. The number of aryl methyl sites for hydroxylation is 1. The van der Waals surface area contributed by atoms with Crippen molar-refractivity contribution in [2.45, 2.75) is 44.9 Å². The molecule has 6 nitrogen and oxygen atoms in total. The van der Waals surface area contributed by atoms with Crippen molar-refractivity contribution in [3.8, 4) is 11.5 Å². The van der Waals surface area contributed by atoms with Crippen LogP contribution in [-0.2, 0) is 11.3 Å². The lowest BCUT2D eigenvalue weighted by Crippen LogP contribution is -2.62. The van der Waals surface area contributed by atoms with Crippen molar-refractivity contribution in [1.82, 2.24) is 9.80 Å². The first kappa shape index (κ1) is 32.1. The maximum atomic E-state index is 13.1. The molecule has 6 rings (SSSR count). The fourth-order valence-corrected chi connectivity index (χ4v) is 7.61. The molecule has 46 heavy (non-hydrogen) atoms. The summed E-state index contributed by atoms with van der Waals surface area (Å²) in [6.45, 7) is 6.99. The molecule has 0 aliphatic carbocycles. The van der Waals surface area contributed by atoms with Crippen LogP contribution in [0.25, 0.3) is 5.57 Å². The number of ether oxygens (including phenoxy) is 2. The van der Waals surface area contributed by atoms with Crippen molar-refractivity contribution in [1.29, 1.82) is 0 Å². The average Bonchev–Trinajstić information content (AvgIpc) is 3.04. The van der Waals surface area contributed by atoms with Gasteiger partial charge in [-0.25, -0.2) is 4.79 Å². The van der Waals surface area contributed by atoms with Crippen molar-refractivity contribution in [2.24, 2.45) is 0 Å². The Bertz CT molecular complexity index is 1670. The minimum absolute atomic E-state index is 0.0774. The Morgan fingerprint density at radius 3 is 2.17 bits per heavy atom. The molecular formula is C38H38Cl2N2O4. The minimum atomic E-state index is -0.865. The number of piperazine rings is 1. The lowest BCUT2D eigenvalue weighted by Gasteiger charge is -2.53. The maximum Gasteiger partial charge on any atom is 0.333 e. The zero-order valence-electron chi connectivity index (χ0n) is 26.0. The largest absolute Gasteiger partial charge is 0.490 e. The van der Waals surface area contributed by atoms with Crippen LogP contribution in [-0.4, -0.2) is 59.3 Å². The SMILES string of the molecule is Cc1cc(Cl)c(OCCOc2ccc(C3=C(C(=O)O)C4CN(Cc5ccccc5)C[C@H](C3)N4C(C)c3ccccc3)cc2)c(Cl)c1. The highest BCUT2D eigenvalue weighted by atomic mass is 35.5. The van der Waals surface area contributed by atoms with E-state index in [9.17, 15) is 9.90 Å². The molecule has 238 valence electrons. The first-order valence-corrected chi connectivity index (χ1v) is 16.4. The third-order valence-corrected chi connectivity index (χ3v) is 9.49. The second-order valence-electron chi connectivity index (χ2n) is 12.1. The van der Waals surface area contributed by atoms with E-state index in [0.717, 1.165) is 29.8 Å². The molecule has 0 aromatic heterocycles. The van der Waals surface area contributed by atoms with E-state index in [1.54, 1.807) is 0 Å². The van der Waals surface area contributed by atoms with Crippen LogP contribution >= 0.6 is 23.2 Å². The van der Waals surface area contributed by atoms with Gasteiger partial charge in [0.25, 0.3) is 0 Å². The summed E-state index contributed by atoms with van der Waals surface area (Å²) in [4.78, 5) is 17.9. The summed E-state index contributed by atoms with van der Waals surface area (Å²) in [5.74, 6) is 0.258. The third kappa shape index (κ3) is 7.11. The highest BCUT2D eigenvalue weighted by Crippen LogP contribution is 2.43. The molecular weight excluding hydrogens is 619 g/mol. The first-order chi connectivity index (χ1) is 22.3. The van der Waals surface area contributed by atoms with Gasteiger partial charge in [-0.05, 0) is 72.4 Å². The van der Waals surface area contributed by atoms with Gasteiger partial charge in [0.15, 0.2) is 5.75 Å². The number of nitrogens with zero attached hydrogens (tertiary/aromatic N) is 2. The maximum absolute atomic E-state index is 13.1. The van der Waals surface area contributed by atoms with Crippen molar-refractivity contribution in [2.75, 3.05) is 26.3 Å². The second-order valence-corrected chi connectivity index (χ2v) is 12.9. The first-order valence-electron chi connectivity index (χ1n) is 15.6. The van der Waals surface area contributed by atoms with Crippen LogP contribution < -0.4 is 9.47 Å². The molecule has 0 spiro atoms. The molecule has 0 amide bonds. The molecule has 0 saturated carbocycles. The fraction of sp³-hybridized carbons (Fsp3) is 0.289. The van der Waals surface area contributed by atoms with Crippen molar-refractivity contribution in [3.63, 3.8) is 0 Å². The monoisotopic (exact) mass is 656 g/mol. The Morgan fingerprint density at radius 1 is 0.891 bits per heavy atom. The van der Waals surface area contributed by atoms with Gasteiger partial charge in [0.1, 0.15) is 19.0 Å². The van der Waals surface area contributed by atoms with E-state index in [4.69, 9.17) is 32.7 Å². The number of benzene rings is 4. The number of carbonyl (C=O) groups is 1. The van der Waals surface area contributed by atoms with Crippen LogP contribution in [0.15, 0.2) is 103 Å². The minimum Gasteiger partial charge on any atom is -0.490 e. The summed E-state index contributed by atoms with van der Waals surface area (Å²) in [6, 6.07) is 32.1. The molecule has 0 radical (unpaired) electrons. The Balaban J connectivity index is 1.22. The summed E-state index contributed by atoms with van der Waals surface area (Å²) < 4.78 is 11.7. The van der Waals surface area contributed by atoms with Gasteiger partial charge in [-0.2, -0.15) is 0 Å². The summed E-state index contributed by atoms with van der Waals surface area (Å²) in [6.07, 6.45) is 0.646. The number of hydrogen-bond acceptors (Lipinski definition) is 5. The van der Waals surface area contributed by atoms with Gasteiger partial charge in [0, 0.05) is 31.7 Å². The molecule has 1 saturated heterocycles. The summed E-state index contributed by atoms with van der Waals surface area (Å²) in [5.41, 5.74) is 5.68. The highest BCUT2D eigenvalue weighted by molar-refractivity contribution is 6.37. The topological polar surface area (TPSA) is 62.2 Å². The quantitative estimate of drug-likeness (QED) is 0.164. The second kappa shape index (κ2) is 14.3. The van der Waals surface area contributed by atoms with Gasteiger partial charge in [0.05, 0.1) is 21.7 Å². The Labute approximate surface area is 280 Å². The van der Waals surface area contributed by atoms with E-state index in [2.05, 4.69) is 65.3 Å². The number of halogens is 2. The molecule has 1 N–H and O–H groups in total. The lowest BCUT2D eigenvalue weighted by molar-refractivity contribution is -0.134. The van der Waals surface area contributed by atoms with Gasteiger partial charge in [-0.1, -0.05) is 96.0 Å². The average molecular weight is 658 g/mol. The molecule has 8 heteroatoms. The van der Waals surface area contributed by atoms with E-state index >= 15 is 0 Å². The Morgan fingerprint density at radius 2 is 1.52 bits per heavy atom. The lowest BCUT2D eigenvalue weighted by atomic mass is 9.80. The predicted octanol–water partition coefficient (Wildman–Crippen LogP) is 8.32. The normalized spacial score (nSPS) is 19.1. The molecule has 2 heterocycles.